The number of ether oxygens (including phenoxy) is 1. The topological polar surface area (TPSA) is 62.1 Å². The third-order valence-corrected chi connectivity index (χ3v) is 4.10. The van der Waals surface area contributed by atoms with E-state index in [1.165, 1.54) is 6.08 Å². The number of nitriles is 1. The SMILES string of the molecule is CCCOc1c(Cl)cc(Cl)cc1/C=C(\C#N)C(=O)Nc1ccccc1Cl. The maximum absolute atomic E-state index is 12.4. The third-order valence-electron chi connectivity index (χ3n) is 3.27. The van der Waals surface area contributed by atoms with Gasteiger partial charge in [-0.3, -0.25) is 4.79 Å². The Kier molecular flexibility index (Phi) is 7.35. The number of anilines is 1. The first-order valence-electron chi connectivity index (χ1n) is 7.75. The molecule has 2 aromatic rings. The lowest BCUT2D eigenvalue weighted by Crippen LogP contribution is -2.13. The van der Waals surface area contributed by atoms with Gasteiger partial charge in [0.2, 0.25) is 0 Å². The van der Waals surface area contributed by atoms with E-state index in [0.29, 0.717) is 38.7 Å². The molecule has 0 saturated carbocycles. The molecule has 1 amide bonds. The predicted molar refractivity (Wildman–Crippen MR) is 106 cm³/mol. The molecule has 2 aromatic carbocycles. The van der Waals surface area contributed by atoms with Crippen molar-refractivity contribution in [2.45, 2.75) is 13.3 Å². The lowest BCUT2D eigenvalue weighted by molar-refractivity contribution is -0.112. The number of nitrogens with zero attached hydrogens (tertiary/aromatic N) is 1. The van der Waals surface area contributed by atoms with Crippen LogP contribution < -0.4 is 10.1 Å². The van der Waals surface area contributed by atoms with Gasteiger partial charge in [-0.25, -0.2) is 0 Å². The Morgan fingerprint density at radius 1 is 1.23 bits per heavy atom. The molecule has 0 aromatic heterocycles. The van der Waals surface area contributed by atoms with Crippen molar-refractivity contribution in [2.24, 2.45) is 0 Å². The second-order valence-electron chi connectivity index (χ2n) is 5.26. The van der Waals surface area contributed by atoms with Crippen molar-refractivity contribution in [3.63, 3.8) is 0 Å². The van der Waals surface area contributed by atoms with E-state index in [1.54, 1.807) is 36.4 Å². The molecule has 0 aliphatic heterocycles. The van der Waals surface area contributed by atoms with Gasteiger partial charge in [0.05, 0.1) is 22.3 Å². The van der Waals surface area contributed by atoms with Gasteiger partial charge in [0.1, 0.15) is 17.4 Å². The van der Waals surface area contributed by atoms with Gasteiger partial charge < -0.3 is 10.1 Å². The molecule has 0 unspecified atom stereocenters. The Morgan fingerprint density at radius 2 is 1.96 bits per heavy atom. The second kappa shape index (κ2) is 9.49. The second-order valence-corrected chi connectivity index (χ2v) is 6.51. The zero-order valence-corrected chi connectivity index (χ0v) is 16.1. The highest BCUT2D eigenvalue weighted by atomic mass is 35.5. The minimum atomic E-state index is -0.599. The largest absolute Gasteiger partial charge is 0.491 e. The van der Waals surface area contributed by atoms with Crippen LogP contribution in [0.2, 0.25) is 15.1 Å². The number of rotatable bonds is 6. The first-order valence-corrected chi connectivity index (χ1v) is 8.89. The molecule has 0 atom stereocenters. The number of carbonyl (C=O) groups is 1. The fourth-order valence-electron chi connectivity index (χ4n) is 2.10. The summed E-state index contributed by atoms with van der Waals surface area (Å²) in [7, 11) is 0. The van der Waals surface area contributed by atoms with E-state index in [2.05, 4.69) is 5.32 Å². The Bertz CT molecular complexity index is 889. The molecule has 0 radical (unpaired) electrons. The zero-order valence-electron chi connectivity index (χ0n) is 13.9. The molecule has 0 fully saturated rings. The molecular formula is C19H15Cl3N2O2. The molecular weight excluding hydrogens is 395 g/mol. The van der Waals surface area contributed by atoms with Gasteiger partial charge >= 0.3 is 0 Å². The standard InChI is InChI=1S/C19H15Cl3N2O2/c1-2-7-26-18-12(9-14(20)10-16(18)22)8-13(11-23)19(25)24-17-6-4-3-5-15(17)21/h3-6,8-10H,2,7H2,1H3,(H,24,25)/b13-8+. The molecule has 1 N–H and O–H groups in total. The smallest absolute Gasteiger partial charge is 0.266 e. The summed E-state index contributed by atoms with van der Waals surface area (Å²) >= 11 is 18.3. The predicted octanol–water partition coefficient (Wildman–Crippen LogP) is 5.98. The number of halogens is 3. The van der Waals surface area contributed by atoms with Crippen LogP contribution in [0.5, 0.6) is 5.75 Å². The molecule has 0 aliphatic rings. The minimum absolute atomic E-state index is 0.135. The van der Waals surface area contributed by atoms with Crippen molar-refractivity contribution in [3.05, 3.63) is 62.6 Å². The Labute approximate surface area is 166 Å². The van der Waals surface area contributed by atoms with Gasteiger partial charge in [0, 0.05) is 10.6 Å². The Morgan fingerprint density at radius 3 is 2.62 bits per heavy atom. The van der Waals surface area contributed by atoms with Crippen LogP contribution in [0.15, 0.2) is 42.0 Å². The number of amides is 1. The van der Waals surface area contributed by atoms with E-state index in [4.69, 9.17) is 39.5 Å². The first kappa shape index (κ1) is 20.1. The average Bonchev–Trinajstić information content (AvgIpc) is 2.60. The summed E-state index contributed by atoms with van der Waals surface area (Å²) in [5.41, 5.74) is 0.721. The van der Waals surface area contributed by atoms with Crippen molar-refractivity contribution >= 4 is 52.5 Å². The van der Waals surface area contributed by atoms with Gasteiger partial charge in [-0.05, 0) is 36.8 Å². The summed E-state index contributed by atoms with van der Waals surface area (Å²) < 4.78 is 5.64. The molecule has 0 bridgehead atoms. The van der Waals surface area contributed by atoms with E-state index in [1.807, 2.05) is 13.0 Å². The lowest BCUT2D eigenvalue weighted by atomic mass is 10.1. The summed E-state index contributed by atoms with van der Waals surface area (Å²) in [6.07, 6.45) is 2.16. The molecule has 26 heavy (non-hydrogen) atoms. The highest BCUT2D eigenvalue weighted by molar-refractivity contribution is 6.36. The van der Waals surface area contributed by atoms with E-state index in [-0.39, 0.29) is 5.57 Å². The van der Waals surface area contributed by atoms with Gasteiger partial charge in [-0.2, -0.15) is 5.26 Å². The minimum Gasteiger partial charge on any atom is -0.491 e. The number of hydrogen-bond acceptors (Lipinski definition) is 3. The quantitative estimate of drug-likeness (QED) is 0.471. The fourth-order valence-corrected chi connectivity index (χ4v) is 2.85. The Hall–Kier alpha value is -2.19. The highest BCUT2D eigenvalue weighted by Gasteiger charge is 2.15. The maximum Gasteiger partial charge on any atom is 0.266 e. The van der Waals surface area contributed by atoms with Crippen LogP contribution in [0.1, 0.15) is 18.9 Å². The van der Waals surface area contributed by atoms with Gasteiger partial charge in [0.25, 0.3) is 5.91 Å². The van der Waals surface area contributed by atoms with Crippen LogP contribution in [-0.2, 0) is 4.79 Å². The number of benzene rings is 2. The molecule has 134 valence electrons. The lowest BCUT2D eigenvalue weighted by Gasteiger charge is -2.12. The molecule has 7 heteroatoms. The molecule has 0 heterocycles. The highest BCUT2D eigenvalue weighted by Crippen LogP contribution is 2.34. The van der Waals surface area contributed by atoms with E-state index in [0.717, 1.165) is 6.42 Å². The monoisotopic (exact) mass is 408 g/mol. The third kappa shape index (κ3) is 5.15. The van der Waals surface area contributed by atoms with Crippen LogP contribution in [-0.4, -0.2) is 12.5 Å². The van der Waals surface area contributed by atoms with E-state index >= 15 is 0 Å². The van der Waals surface area contributed by atoms with Crippen LogP contribution in [0, 0.1) is 11.3 Å². The summed E-state index contributed by atoms with van der Waals surface area (Å²) in [5.74, 6) is -0.227. The average molecular weight is 410 g/mol. The zero-order chi connectivity index (χ0) is 19.1. The van der Waals surface area contributed by atoms with Gasteiger partial charge in [0.15, 0.2) is 0 Å². The van der Waals surface area contributed by atoms with Crippen molar-refractivity contribution in [1.29, 1.82) is 5.26 Å². The summed E-state index contributed by atoms with van der Waals surface area (Å²) in [6.45, 7) is 2.40. The van der Waals surface area contributed by atoms with Gasteiger partial charge in [-0.15, -0.1) is 0 Å². The van der Waals surface area contributed by atoms with E-state index < -0.39 is 5.91 Å². The number of hydrogen-bond donors (Lipinski definition) is 1. The molecule has 0 saturated heterocycles. The van der Waals surface area contributed by atoms with Crippen LogP contribution in [0.25, 0.3) is 6.08 Å². The normalized spacial score (nSPS) is 11.0. The summed E-state index contributed by atoms with van der Waals surface area (Å²) in [6, 6.07) is 11.7. The summed E-state index contributed by atoms with van der Waals surface area (Å²) in [4.78, 5) is 12.4. The van der Waals surface area contributed by atoms with Crippen molar-refractivity contribution in [3.8, 4) is 11.8 Å². The van der Waals surface area contributed by atoms with Crippen LogP contribution in [0.3, 0.4) is 0 Å². The van der Waals surface area contributed by atoms with Crippen LogP contribution in [0.4, 0.5) is 5.69 Å². The molecule has 4 nitrogen and oxygen atoms in total. The van der Waals surface area contributed by atoms with Crippen molar-refractivity contribution in [2.75, 3.05) is 11.9 Å². The number of carbonyl (C=O) groups excluding carboxylic acids is 1. The Balaban J connectivity index is 2.37. The first-order chi connectivity index (χ1) is 12.5. The molecule has 0 spiro atoms. The van der Waals surface area contributed by atoms with Gasteiger partial charge in [-0.1, -0.05) is 53.9 Å². The summed E-state index contributed by atoms with van der Waals surface area (Å²) in [5, 5.41) is 13.0. The van der Waals surface area contributed by atoms with Crippen LogP contribution >= 0.6 is 34.8 Å². The van der Waals surface area contributed by atoms with E-state index in [9.17, 15) is 10.1 Å². The number of nitrogens with one attached hydrogen (secondary N) is 1. The fraction of sp³-hybridized carbons (Fsp3) is 0.158. The maximum atomic E-state index is 12.4. The van der Waals surface area contributed by atoms with Crippen molar-refractivity contribution < 1.29 is 9.53 Å². The number of para-hydroxylation sites is 1. The molecule has 0 aliphatic carbocycles. The molecule has 2 rings (SSSR count). The van der Waals surface area contributed by atoms with Crippen molar-refractivity contribution in [1.82, 2.24) is 0 Å².